The van der Waals surface area contributed by atoms with Gasteiger partial charge in [-0.2, -0.15) is 0 Å². The molecule has 1 unspecified atom stereocenters. The van der Waals surface area contributed by atoms with E-state index in [0.29, 0.717) is 41.2 Å². The Morgan fingerprint density at radius 1 is 1.20 bits per heavy atom. The zero-order chi connectivity index (χ0) is 25.7. The topological polar surface area (TPSA) is 130 Å². The van der Waals surface area contributed by atoms with Crippen molar-refractivity contribution in [1.29, 1.82) is 0 Å². The number of aromatic amines is 1. The van der Waals surface area contributed by atoms with Crippen LogP contribution < -0.4 is 25.2 Å². The van der Waals surface area contributed by atoms with Crippen molar-refractivity contribution >= 4 is 29.3 Å². The van der Waals surface area contributed by atoms with Gasteiger partial charge in [-0.25, -0.2) is 4.79 Å². The normalized spacial score (nSPS) is 23.1. The highest BCUT2D eigenvalue weighted by Crippen LogP contribution is 2.50. The van der Waals surface area contributed by atoms with E-state index in [-0.39, 0.29) is 34.5 Å². The van der Waals surface area contributed by atoms with Crippen LogP contribution in [-0.4, -0.2) is 53.7 Å². The maximum atomic E-state index is 13.4. The molecule has 3 heterocycles. The number of benzene rings is 1. The van der Waals surface area contributed by atoms with Crippen LogP contribution in [0.2, 0.25) is 5.02 Å². The van der Waals surface area contributed by atoms with E-state index in [2.05, 4.69) is 10.3 Å². The summed E-state index contributed by atoms with van der Waals surface area (Å²) in [7, 11) is 1.54. The van der Waals surface area contributed by atoms with Crippen molar-refractivity contribution in [3.05, 3.63) is 49.9 Å². The van der Waals surface area contributed by atoms with Crippen molar-refractivity contribution in [1.82, 2.24) is 10.3 Å². The first-order valence-corrected chi connectivity index (χ1v) is 11.6. The van der Waals surface area contributed by atoms with Crippen LogP contribution in [0.3, 0.4) is 0 Å². The molecular weight excluding hydrogens is 478 g/mol. The highest BCUT2D eigenvalue weighted by molar-refractivity contribution is 6.33. The number of amides is 2. The quantitative estimate of drug-likeness (QED) is 0.579. The smallest absolute Gasteiger partial charge is 0.404 e. The lowest BCUT2D eigenvalue weighted by atomic mass is 9.99. The summed E-state index contributed by atoms with van der Waals surface area (Å²) < 4.78 is 18.2. The summed E-state index contributed by atoms with van der Waals surface area (Å²) in [5.41, 5.74) is 2.06. The maximum absolute atomic E-state index is 13.4. The van der Waals surface area contributed by atoms with E-state index >= 15 is 0 Å². The van der Waals surface area contributed by atoms with E-state index in [1.54, 1.807) is 33.8 Å². The Labute approximate surface area is 207 Å². The van der Waals surface area contributed by atoms with Crippen LogP contribution in [0, 0.1) is 20.8 Å². The molecule has 3 N–H and O–H groups in total. The molecule has 0 radical (unpaired) electrons. The molecule has 0 spiro atoms. The third-order valence-electron chi connectivity index (χ3n) is 6.44. The molecule has 2 aromatic rings. The second-order valence-electron chi connectivity index (χ2n) is 9.13. The van der Waals surface area contributed by atoms with Gasteiger partial charge in [-0.3, -0.25) is 9.59 Å². The molecule has 1 fully saturated rings. The molecule has 1 aromatic carbocycles. The fourth-order valence-electron chi connectivity index (χ4n) is 4.70. The number of hydrogen-bond donors (Lipinski definition) is 3. The summed E-state index contributed by atoms with van der Waals surface area (Å²) >= 11 is 6.51. The number of nitrogens with zero attached hydrogens (tertiary/aromatic N) is 1. The van der Waals surface area contributed by atoms with Gasteiger partial charge in [0.1, 0.15) is 11.8 Å². The second kappa shape index (κ2) is 9.09. The van der Waals surface area contributed by atoms with Crippen LogP contribution >= 0.6 is 11.6 Å². The minimum atomic E-state index is -1.21. The molecule has 0 bridgehead atoms. The standard InChI is InChI=1S/C24H28ClN3O7/c1-11-8-12(2)26-21(29)18(11)28(5)22(30)15-9-16(25)20-19(13(15)3)34-24(4,35-20)17-7-6-14(10-33-17)27-23(31)32/h8-9,14,17,27H,6-7,10H2,1-5H3,(H,26,29)(H,31,32)/t14-,17+,24?/m1/s1. The summed E-state index contributed by atoms with van der Waals surface area (Å²) in [6.07, 6.45) is -0.526. The van der Waals surface area contributed by atoms with Crippen LogP contribution in [0.15, 0.2) is 16.9 Å². The number of fused-ring (bicyclic) bond motifs is 1. The Bertz CT molecular complexity index is 1250. The summed E-state index contributed by atoms with van der Waals surface area (Å²) in [6.45, 7) is 7.18. The number of ether oxygens (including phenoxy) is 3. The number of anilines is 1. The van der Waals surface area contributed by atoms with Crippen molar-refractivity contribution in [3.8, 4) is 11.5 Å². The molecule has 1 saturated heterocycles. The molecule has 10 nitrogen and oxygen atoms in total. The number of pyridine rings is 1. The lowest BCUT2D eigenvalue weighted by Gasteiger charge is -2.37. The van der Waals surface area contributed by atoms with Crippen molar-refractivity contribution in [2.45, 2.75) is 58.5 Å². The van der Waals surface area contributed by atoms with E-state index in [1.807, 2.05) is 0 Å². The van der Waals surface area contributed by atoms with Gasteiger partial charge in [0.15, 0.2) is 11.5 Å². The number of halogens is 1. The Hall–Kier alpha value is -3.24. The number of carboxylic acid groups (broad SMARTS) is 1. The highest BCUT2D eigenvalue weighted by Gasteiger charge is 2.48. The third kappa shape index (κ3) is 4.55. The van der Waals surface area contributed by atoms with E-state index < -0.39 is 23.9 Å². The van der Waals surface area contributed by atoms with Gasteiger partial charge in [-0.15, -0.1) is 0 Å². The lowest BCUT2D eigenvalue weighted by molar-refractivity contribution is -0.185. The largest absolute Gasteiger partial charge is 0.465 e. The summed E-state index contributed by atoms with van der Waals surface area (Å²) in [5.74, 6) is -0.980. The molecule has 2 aliphatic heterocycles. The Kier molecular flexibility index (Phi) is 6.46. The predicted molar refractivity (Wildman–Crippen MR) is 129 cm³/mol. The molecular formula is C24H28ClN3O7. The molecule has 11 heteroatoms. The summed E-state index contributed by atoms with van der Waals surface area (Å²) in [5, 5.41) is 11.5. The average Bonchev–Trinajstić information content (AvgIpc) is 3.15. The van der Waals surface area contributed by atoms with Gasteiger partial charge in [0.2, 0.25) is 0 Å². The molecule has 0 aliphatic carbocycles. The number of hydrogen-bond acceptors (Lipinski definition) is 6. The van der Waals surface area contributed by atoms with Gasteiger partial charge in [0.25, 0.3) is 17.3 Å². The molecule has 3 atom stereocenters. The maximum Gasteiger partial charge on any atom is 0.404 e. The molecule has 35 heavy (non-hydrogen) atoms. The number of carbonyl (C=O) groups is 2. The van der Waals surface area contributed by atoms with Crippen molar-refractivity contribution in [2.75, 3.05) is 18.6 Å². The van der Waals surface area contributed by atoms with Crippen LogP contribution in [-0.2, 0) is 4.74 Å². The Balaban J connectivity index is 1.59. The van der Waals surface area contributed by atoms with Gasteiger partial charge >= 0.3 is 6.09 Å². The van der Waals surface area contributed by atoms with E-state index in [9.17, 15) is 14.4 Å². The second-order valence-corrected chi connectivity index (χ2v) is 9.54. The first-order chi connectivity index (χ1) is 16.4. The fourth-order valence-corrected chi connectivity index (χ4v) is 4.93. The number of carbonyl (C=O) groups excluding carboxylic acids is 1. The van der Waals surface area contributed by atoms with E-state index in [1.165, 1.54) is 18.0 Å². The highest BCUT2D eigenvalue weighted by atomic mass is 35.5. The van der Waals surface area contributed by atoms with Gasteiger partial charge in [0.05, 0.1) is 17.7 Å². The molecule has 0 saturated carbocycles. The number of aryl methyl sites for hydroxylation is 2. The van der Waals surface area contributed by atoms with Crippen molar-refractivity contribution in [2.24, 2.45) is 0 Å². The van der Waals surface area contributed by atoms with Crippen LogP contribution in [0.4, 0.5) is 10.5 Å². The molecule has 2 aliphatic rings. The summed E-state index contributed by atoms with van der Waals surface area (Å²) in [6, 6.07) is 3.00. The predicted octanol–water partition coefficient (Wildman–Crippen LogP) is 3.53. The zero-order valence-corrected chi connectivity index (χ0v) is 20.9. The van der Waals surface area contributed by atoms with Gasteiger partial charge in [0, 0.05) is 30.8 Å². The minimum Gasteiger partial charge on any atom is -0.465 e. The molecule has 2 amide bonds. The number of nitrogens with one attached hydrogen (secondary N) is 2. The number of rotatable bonds is 4. The van der Waals surface area contributed by atoms with Crippen LogP contribution in [0.5, 0.6) is 11.5 Å². The first-order valence-electron chi connectivity index (χ1n) is 11.2. The Morgan fingerprint density at radius 2 is 1.89 bits per heavy atom. The van der Waals surface area contributed by atoms with Gasteiger partial charge < -0.3 is 34.5 Å². The Morgan fingerprint density at radius 3 is 2.49 bits per heavy atom. The minimum absolute atomic E-state index is 0.182. The molecule has 4 rings (SSSR count). The zero-order valence-electron chi connectivity index (χ0n) is 20.2. The van der Waals surface area contributed by atoms with Gasteiger partial charge in [-0.1, -0.05) is 11.6 Å². The molecule has 1 aromatic heterocycles. The molecule has 188 valence electrons. The fraction of sp³-hybridized carbons (Fsp3) is 0.458. The first kappa shape index (κ1) is 24.9. The average molecular weight is 506 g/mol. The SMILES string of the molecule is Cc1cc(C)c(N(C)C(=O)c2cc(Cl)c3c(c2C)OC(C)([C@@H]2CC[C@@H](NC(=O)O)CO2)O3)c(=O)[nH]1. The van der Waals surface area contributed by atoms with E-state index in [4.69, 9.17) is 30.9 Å². The van der Waals surface area contributed by atoms with Crippen LogP contribution in [0.25, 0.3) is 0 Å². The van der Waals surface area contributed by atoms with E-state index in [0.717, 1.165) is 0 Å². The monoisotopic (exact) mass is 505 g/mol. The number of H-pyrrole nitrogens is 1. The van der Waals surface area contributed by atoms with Gasteiger partial charge in [-0.05, 0) is 51.3 Å². The lowest BCUT2D eigenvalue weighted by Crippen LogP contribution is -2.53. The van der Waals surface area contributed by atoms with Crippen molar-refractivity contribution < 1.29 is 28.9 Å². The summed E-state index contributed by atoms with van der Waals surface area (Å²) in [4.78, 5) is 40.9. The van der Waals surface area contributed by atoms with Crippen LogP contribution in [0.1, 0.15) is 46.9 Å². The number of aromatic nitrogens is 1. The third-order valence-corrected chi connectivity index (χ3v) is 6.72. The van der Waals surface area contributed by atoms with Crippen molar-refractivity contribution in [3.63, 3.8) is 0 Å².